The standard InChI is InChI=1S/C14H13ClN2/c15-12-5-1-3-10-9(6-7-16)11-4-2-8-17-14(11)13(10)12/h1-5,8-9H,6-7,16H2. The second-order valence-corrected chi connectivity index (χ2v) is 4.68. The molecule has 2 N–H and O–H groups in total. The van der Waals surface area contributed by atoms with Gasteiger partial charge in [-0.25, -0.2) is 0 Å². The van der Waals surface area contributed by atoms with Crippen LogP contribution in [0.4, 0.5) is 0 Å². The van der Waals surface area contributed by atoms with Crippen molar-refractivity contribution in [1.82, 2.24) is 4.98 Å². The van der Waals surface area contributed by atoms with E-state index in [1.165, 1.54) is 11.1 Å². The molecule has 3 heteroatoms. The zero-order chi connectivity index (χ0) is 11.8. The highest BCUT2D eigenvalue weighted by atomic mass is 35.5. The van der Waals surface area contributed by atoms with E-state index in [1.807, 2.05) is 24.4 Å². The van der Waals surface area contributed by atoms with Crippen LogP contribution in [0.15, 0.2) is 36.5 Å². The average molecular weight is 245 g/mol. The van der Waals surface area contributed by atoms with Crippen molar-refractivity contribution in [3.8, 4) is 11.3 Å². The van der Waals surface area contributed by atoms with E-state index >= 15 is 0 Å². The molecular weight excluding hydrogens is 232 g/mol. The van der Waals surface area contributed by atoms with E-state index in [9.17, 15) is 0 Å². The van der Waals surface area contributed by atoms with Gasteiger partial charge in [-0.2, -0.15) is 0 Å². The number of aromatic nitrogens is 1. The van der Waals surface area contributed by atoms with Crippen LogP contribution >= 0.6 is 11.6 Å². The van der Waals surface area contributed by atoms with E-state index in [1.54, 1.807) is 0 Å². The highest BCUT2D eigenvalue weighted by molar-refractivity contribution is 6.33. The zero-order valence-electron chi connectivity index (χ0n) is 9.36. The normalized spacial score (nSPS) is 16.7. The van der Waals surface area contributed by atoms with Crippen molar-refractivity contribution < 1.29 is 0 Å². The molecule has 1 unspecified atom stereocenters. The lowest BCUT2D eigenvalue weighted by Gasteiger charge is -2.11. The number of rotatable bonds is 2. The first-order valence-electron chi connectivity index (χ1n) is 5.76. The van der Waals surface area contributed by atoms with Gasteiger partial charge in [0.1, 0.15) is 0 Å². The molecule has 3 rings (SSSR count). The molecule has 17 heavy (non-hydrogen) atoms. The van der Waals surface area contributed by atoms with Crippen LogP contribution in [0.25, 0.3) is 11.3 Å². The van der Waals surface area contributed by atoms with E-state index < -0.39 is 0 Å². The fraction of sp³-hybridized carbons (Fsp3) is 0.214. The van der Waals surface area contributed by atoms with Crippen LogP contribution in [0.1, 0.15) is 23.5 Å². The van der Waals surface area contributed by atoms with Gasteiger partial charge in [0, 0.05) is 17.7 Å². The van der Waals surface area contributed by atoms with Gasteiger partial charge in [0.2, 0.25) is 0 Å². The maximum atomic E-state index is 6.29. The molecule has 0 aliphatic heterocycles. The molecule has 86 valence electrons. The van der Waals surface area contributed by atoms with Crippen molar-refractivity contribution in [2.75, 3.05) is 6.54 Å². The first-order chi connectivity index (χ1) is 8.33. The molecule has 1 aliphatic rings. The van der Waals surface area contributed by atoms with Crippen LogP contribution < -0.4 is 5.73 Å². The molecule has 0 bridgehead atoms. The summed E-state index contributed by atoms with van der Waals surface area (Å²) in [7, 11) is 0. The van der Waals surface area contributed by atoms with Crippen LogP contribution in [-0.4, -0.2) is 11.5 Å². The Bertz CT molecular complexity index is 566. The summed E-state index contributed by atoms with van der Waals surface area (Å²) >= 11 is 6.29. The number of benzene rings is 1. The Morgan fingerprint density at radius 3 is 2.82 bits per heavy atom. The van der Waals surface area contributed by atoms with Gasteiger partial charge in [-0.15, -0.1) is 0 Å². The highest BCUT2D eigenvalue weighted by Crippen LogP contribution is 2.47. The molecule has 0 saturated carbocycles. The predicted octanol–water partition coefficient (Wildman–Crippen LogP) is 3.20. The molecule has 0 fully saturated rings. The van der Waals surface area contributed by atoms with E-state index in [0.29, 0.717) is 12.5 Å². The molecule has 0 radical (unpaired) electrons. The van der Waals surface area contributed by atoms with Crippen molar-refractivity contribution in [2.45, 2.75) is 12.3 Å². The van der Waals surface area contributed by atoms with Gasteiger partial charge < -0.3 is 5.73 Å². The third-order valence-electron chi connectivity index (χ3n) is 3.33. The van der Waals surface area contributed by atoms with E-state index in [-0.39, 0.29) is 0 Å². The first kappa shape index (κ1) is 10.8. The molecule has 1 aromatic carbocycles. The number of hydrogen-bond donors (Lipinski definition) is 1. The number of halogens is 1. The molecule has 1 heterocycles. The molecule has 1 aliphatic carbocycles. The molecular formula is C14H13ClN2. The molecule has 0 saturated heterocycles. The Morgan fingerprint density at radius 2 is 2.00 bits per heavy atom. The summed E-state index contributed by atoms with van der Waals surface area (Å²) in [5.74, 6) is 0.345. The Balaban J connectivity index is 2.26. The largest absolute Gasteiger partial charge is 0.330 e. The van der Waals surface area contributed by atoms with E-state index in [4.69, 9.17) is 17.3 Å². The van der Waals surface area contributed by atoms with Crippen LogP contribution in [0.2, 0.25) is 5.02 Å². The van der Waals surface area contributed by atoms with Gasteiger partial charge in [-0.1, -0.05) is 29.8 Å². The number of hydrogen-bond acceptors (Lipinski definition) is 2. The average Bonchev–Trinajstić information content (AvgIpc) is 2.66. The van der Waals surface area contributed by atoms with Crippen LogP contribution in [0, 0.1) is 0 Å². The minimum absolute atomic E-state index is 0.345. The highest BCUT2D eigenvalue weighted by Gasteiger charge is 2.30. The molecule has 1 aromatic heterocycles. The predicted molar refractivity (Wildman–Crippen MR) is 70.2 cm³/mol. The molecule has 2 nitrogen and oxygen atoms in total. The first-order valence-corrected chi connectivity index (χ1v) is 6.14. The van der Waals surface area contributed by atoms with Crippen molar-refractivity contribution in [2.24, 2.45) is 5.73 Å². The summed E-state index contributed by atoms with van der Waals surface area (Å²) in [5.41, 5.74) is 10.3. The quantitative estimate of drug-likeness (QED) is 0.881. The number of fused-ring (bicyclic) bond motifs is 3. The summed E-state index contributed by atoms with van der Waals surface area (Å²) in [5, 5.41) is 0.780. The Kier molecular flexibility index (Phi) is 2.61. The lowest BCUT2D eigenvalue weighted by atomic mass is 9.94. The Labute approximate surface area is 105 Å². The summed E-state index contributed by atoms with van der Waals surface area (Å²) in [6.07, 6.45) is 2.75. The van der Waals surface area contributed by atoms with Crippen LogP contribution in [-0.2, 0) is 0 Å². The van der Waals surface area contributed by atoms with Gasteiger partial charge in [0.25, 0.3) is 0 Å². The third kappa shape index (κ3) is 1.56. The fourth-order valence-electron chi connectivity index (χ4n) is 2.63. The summed E-state index contributed by atoms with van der Waals surface area (Å²) in [4.78, 5) is 4.47. The second-order valence-electron chi connectivity index (χ2n) is 4.28. The van der Waals surface area contributed by atoms with Crippen LogP contribution in [0.3, 0.4) is 0 Å². The van der Waals surface area contributed by atoms with Gasteiger partial charge in [-0.3, -0.25) is 4.98 Å². The van der Waals surface area contributed by atoms with Crippen molar-refractivity contribution in [3.05, 3.63) is 52.7 Å². The smallest absolute Gasteiger partial charge is 0.0758 e. The molecule has 2 aromatic rings. The minimum Gasteiger partial charge on any atom is -0.330 e. The summed E-state index contributed by atoms with van der Waals surface area (Å²) < 4.78 is 0. The van der Waals surface area contributed by atoms with Crippen molar-refractivity contribution in [1.29, 1.82) is 0 Å². The van der Waals surface area contributed by atoms with E-state index in [0.717, 1.165) is 22.7 Å². The summed E-state index contributed by atoms with van der Waals surface area (Å²) in [6.45, 7) is 0.672. The minimum atomic E-state index is 0.345. The lowest BCUT2D eigenvalue weighted by Crippen LogP contribution is -2.06. The van der Waals surface area contributed by atoms with Gasteiger partial charge >= 0.3 is 0 Å². The van der Waals surface area contributed by atoms with Gasteiger partial charge in [0.15, 0.2) is 0 Å². The maximum Gasteiger partial charge on any atom is 0.0758 e. The topological polar surface area (TPSA) is 38.9 Å². The number of nitrogens with zero attached hydrogens (tertiary/aromatic N) is 1. The summed E-state index contributed by atoms with van der Waals surface area (Å²) in [6, 6.07) is 10.1. The zero-order valence-corrected chi connectivity index (χ0v) is 10.1. The monoisotopic (exact) mass is 244 g/mol. The lowest BCUT2D eigenvalue weighted by molar-refractivity contribution is 0.740. The Hall–Kier alpha value is -1.38. The second kappa shape index (κ2) is 4.13. The molecule has 0 spiro atoms. The number of pyridine rings is 1. The van der Waals surface area contributed by atoms with Crippen molar-refractivity contribution >= 4 is 11.6 Å². The maximum absolute atomic E-state index is 6.29. The molecule has 1 atom stereocenters. The fourth-order valence-corrected chi connectivity index (χ4v) is 2.91. The third-order valence-corrected chi connectivity index (χ3v) is 3.64. The van der Waals surface area contributed by atoms with Crippen LogP contribution in [0.5, 0.6) is 0 Å². The van der Waals surface area contributed by atoms with E-state index in [2.05, 4.69) is 17.1 Å². The number of nitrogens with two attached hydrogens (primary N) is 1. The SMILES string of the molecule is NCCC1c2cccnc2-c2c(Cl)cccc21. The van der Waals surface area contributed by atoms with Crippen molar-refractivity contribution in [3.63, 3.8) is 0 Å². The Morgan fingerprint density at radius 1 is 1.18 bits per heavy atom. The van der Waals surface area contributed by atoms with Gasteiger partial charge in [0.05, 0.1) is 10.7 Å². The molecule has 0 amide bonds. The van der Waals surface area contributed by atoms with Gasteiger partial charge in [-0.05, 0) is 36.2 Å².